The Bertz CT molecular complexity index is 514. The summed E-state index contributed by atoms with van der Waals surface area (Å²) in [5.41, 5.74) is 2.81. The van der Waals surface area contributed by atoms with Crippen LogP contribution in [0.5, 0.6) is 5.75 Å². The molecule has 0 atom stereocenters. The van der Waals surface area contributed by atoms with Crippen LogP contribution >= 0.6 is 0 Å². The second kappa shape index (κ2) is 7.67. The van der Waals surface area contributed by atoms with Gasteiger partial charge in [0.2, 0.25) is 11.8 Å². The predicted molar refractivity (Wildman–Crippen MR) is 80.3 cm³/mol. The van der Waals surface area contributed by atoms with Crippen molar-refractivity contribution < 1.29 is 14.3 Å². The van der Waals surface area contributed by atoms with E-state index in [1.54, 1.807) is 0 Å². The molecule has 21 heavy (non-hydrogen) atoms. The molecule has 0 saturated heterocycles. The van der Waals surface area contributed by atoms with E-state index in [0.717, 1.165) is 12.2 Å². The largest absolute Gasteiger partial charge is 0.492 e. The molecule has 0 heterocycles. The Morgan fingerprint density at radius 3 is 2.76 bits per heavy atom. The molecular weight excluding hydrogens is 268 g/mol. The van der Waals surface area contributed by atoms with Gasteiger partial charge in [-0.3, -0.25) is 9.59 Å². The molecule has 1 aliphatic rings. The fraction of sp³-hybridized carbons (Fsp3) is 0.500. The molecule has 0 aromatic heterocycles. The second-order valence-corrected chi connectivity index (χ2v) is 5.22. The topological polar surface area (TPSA) is 67.4 Å². The highest BCUT2D eigenvalue weighted by molar-refractivity contribution is 5.77. The van der Waals surface area contributed by atoms with Gasteiger partial charge in [-0.25, -0.2) is 0 Å². The van der Waals surface area contributed by atoms with Crippen molar-refractivity contribution >= 4 is 11.8 Å². The first-order chi connectivity index (χ1) is 10.1. The highest BCUT2D eigenvalue weighted by atomic mass is 16.5. The summed E-state index contributed by atoms with van der Waals surface area (Å²) >= 11 is 0. The number of ether oxygens (including phenoxy) is 1. The molecule has 0 unspecified atom stereocenters. The molecule has 2 amide bonds. The van der Waals surface area contributed by atoms with Gasteiger partial charge in [-0.2, -0.15) is 0 Å². The maximum atomic E-state index is 11.5. The van der Waals surface area contributed by atoms with Gasteiger partial charge < -0.3 is 15.4 Å². The molecule has 0 radical (unpaired) electrons. The Hall–Kier alpha value is -2.04. The van der Waals surface area contributed by atoms with Crippen LogP contribution in [0.25, 0.3) is 0 Å². The highest BCUT2D eigenvalue weighted by Gasteiger charge is 2.11. The zero-order chi connectivity index (χ0) is 15.1. The van der Waals surface area contributed by atoms with Crippen LogP contribution < -0.4 is 15.4 Å². The van der Waals surface area contributed by atoms with E-state index < -0.39 is 0 Å². The highest BCUT2D eigenvalue weighted by Crippen LogP contribution is 2.25. The van der Waals surface area contributed by atoms with E-state index in [1.165, 1.54) is 30.9 Å². The zero-order valence-corrected chi connectivity index (χ0v) is 12.4. The van der Waals surface area contributed by atoms with Crippen molar-refractivity contribution in [1.29, 1.82) is 0 Å². The van der Waals surface area contributed by atoms with Gasteiger partial charge in [0.15, 0.2) is 0 Å². The molecule has 114 valence electrons. The first-order valence-corrected chi connectivity index (χ1v) is 7.41. The molecule has 2 rings (SSSR count). The van der Waals surface area contributed by atoms with Gasteiger partial charge in [-0.05, 0) is 42.5 Å². The number of carbonyl (C=O) groups is 2. The first kappa shape index (κ1) is 15.4. The van der Waals surface area contributed by atoms with Crippen LogP contribution in [-0.2, 0) is 22.4 Å². The maximum absolute atomic E-state index is 11.5. The summed E-state index contributed by atoms with van der Waals surface area (Å²) in [5.74, 6) is 0.659. The summed E-state index contributed by atoms with van der Waals surface area (Å²) in [4.78, 5) is 22.1. The van der Waals surface area contributed by atoms with Gasteiger partial charge in [0, 0.05) is 19.9 Å². The lowest BCUT2D eigenvalue weighted by molar-refractivity contribution is -0.121. The van der Waals surface area contributed by atoms with Gasteiger partial charge in [0.05, 0.1) is 6.54 Å². The lowest BCUT2D eigenvalue weighted by atomic mass is 10.1. The maximum Gasteiger partial charge on any atom is 0.221 e. The fourth-order valence-electron chi connectivity index (χ4n) is 2.44. The molecule has 1 aromatic rings. The number of hydrogen-bond acceptors (Lipinski definition) is 3. The summed E-state index contributed by atoms with van der Waals surface area (Å²) in [6.45, 7) is 2.72. The first-order valence-electron chi connectivity index (χ1n) is 7.41. The van der Waals surface area contributed by atoms with Crippen molar-refractivity contribution in [3.05, 3.63) is 29.3 Å². The van der Waals surface area contributed by atoms with Crippen LogP contribution in [0.1, 0.15) is 30.9 Å². The van der Waals surface area contributed by atoms with E-state index in [1.807, 2.05) is 6.07 Å². The van der Waals surface area contributed by atoms with E-state index >= 15 is 0 Å². The minimum atomic E-state index is -0.122. The van der Waals surface area contributed by atoms with Gasteiger partial charge in [-0.1, -0.05) is 6.07 Å². The van der Waals surface area contributed by atoms with Crippen molar-refractivity contribution in [3.63, 3.8) is 0 Å². The third-order valence-corrected chi connectivity index (χ3v) is 3.49. The SMILES string of the molecule is CC(=O)NCCC(=O)NCCOc1ccc2c(c1)CCC2. The number of rotatable bonds is 7. The predicted octanol–water partition coefficient (Wildman–Crippen LogP) is 1.20. The number of aryl methyl sites for hydroxylation is 2. The van der Waals surface area contributed by atoms with Crippen molar-refractivity contribution in [3.8, 4) is 5.75 Å². The van der Waals surface area contributed by atoms with Crippen LogP contribution in [0.2, 0.25) is 0 Å². The molecule has 5 heteroatoms. The van der Waals surface area contributed by atoms with Gasteiger partial charge in [-0.15, -0.1) is 0 Å². The minimum Gasteiger partial charge on any atom is -0.492 e. The molecule has 0 bridgehead atoms. The molecule has 0 spiro atoms. The molecule has 1 aromatic carbocycles. The standard InChI is InChI=1S/C16H22N2O3/c1-12(19)17-8-7-16(20)18-9-10-21-15-6-5-13-3-2-4-14(13)11-15/h5-6,11H,2-4,7-10H2,1H3,(H,17,19)(H,18,20). The minimum absolute atomic E-state index is 0.0821. The number of hydrogen-bond donors (Lipinski definition) is 2. The van der Waals surface area contributed by atoms with Crippen molar-refractivity contribution in [2.45, 2.75) is 32.6 Å². The average Bonchev–Trinajstić information content (AvgIpc) is 2.90. The summed E-state index contributed by atoms with van der Waals surface area (Å²) in [6.07, 6.45) is 3.81. The summed E-state index contributed by atoms with van der Waals surface area (Å²) in [5, 5.41) is 5.35. The Morgan fingerprint density at radius 2 is 1.95 bits per heavy atom. The molecule has 5 nitrogen and oxygen atoms in total. The summed E-state index contributed by atoms with van der Waals surface area (Å²) < 4.78 is 5.64. The molecule has 0 aliphatic heterocycles. The monoisotopic (exact) mass is 290 g/mol. The van der Waals surface area contributed by atoms with E-state index in [2.05, 4.69) is 22.8 Å². The van der Waals surface area contributed by atoms with Gasteiger partial charge >= 0.3 is 0 Å². The van der Waals surface area contributed by atoms with Crippen molar-refractivity contribution in [2.24, 2.45) is 0 Å². The Balaban J connectivity index is 1.61. The lowest BCUT2D eigenvalue weighted by Crippen LogP contribution is -2.31. The van der Waals surface area contributed by atoms with Crippen LogP contribution in [0.4, 0.5) is 0 Å². The Morgan fingerprint density at radius 1 is 1.14 bits per heavy atom. The summed E-state index contributed by atoms with van der Waals surface area (Å²) in [6, 6.07) is 6.22. The molecule has 0 saturated carbocycles. The number of carbonyl (C=O) groups excluding carboxylic acids is 2. The number of nitrogens with one attached hydrogen (secondary N) is 2. The van der Waals surface area contributed by atoms with E-state index in [0.29, 0.717) is 26.1 Å². The van der Waals surface area contributed by atoms with Gasteiger partial charge in [0.25, 0.3) is 0 Å². The molecule has 1 aliphatic carbocycles. The Kier molecular flexibility index (Phi) is 5.60. The number of benzene rings is 1. The van der Waals surface area contributed by atoms with E-state index in [-0.39, 0.29) is 11.8 Å². The van der Waals surface area contributed by atoms with Crippen LogP contribution in [0, 0.1) is 0 Å². The van der Waals surface area contributed by atoms with Crippen molar-refractivity contribution in [1.82, 2.24) is 10.6 Å². The fourth-order valence-corrected chi connectivity index (χ4v) is 2.44. The molecular formula is C16H22N2O3. The average molecular weight is 290 g/mol. The Labute approximate surface area is 125 Å². The third-order valence-electron chi connectivity index (χ3n) is 3.49. The van der Waals surface area contributed by atoms with E-state index in [4.69, 9.17) is 4.74 Å². The molecule has 0 fully saturated rings. The molecule has 2 N–H and O–H groups in total. The van der Waals surface area contributed by atoms with Crippen LogP contribution in [-0.4, -0.2) is 31.5 Å². The van der Waals surface area contributed by atoms with Gasteiger partial charge in [0.1, 0.15) is 12.4 Å². The lowest BCUT2D eigenvalue weighted by Gasteiger charge is -2.09. The zero-order valence-electron chi connectivity index (χ0n) is 12.4. The smallest absolute Gasteiger partial charge is 0.221 e. The number of fused-ring (bicyclic) bond motifs is 1. The third kappa shape index (κ3) is 5.10. The quantitative estimate of drug-likeness (QED) is 0.741. The number of amides is 2. The summed E-state index contributed by atoms with van der Waals surface area (Å²) in [7, 11) is 0. The van der Waals surface area contributed by atoms with Crippen LogP contribution in [0.15, 0.2) is 18.2 Å². The normalized spacial score (nSPS) is 12.6. The van der Waals surface area contributed by atoms with E-state index in [9.17, 15) is 9.59 Å². The van der Waals surface area contributed by atoms with Crippen molar-refractivity contribution in [2.75, 3.05) is 19.7 Å². The second-order valence-electron chi connectivity index (χ2n) is 5.22. The van der Waals surface area contributed by atoms with Crippen LogP contribution in [0.3, 0.4) is 0 Å².